The number of hydrogen-bond donors (Lipinski definition) is 2. The van der Waals surface area contributed by atoms with Crippen LogP contribution in [0.15, 0.2) is 24.5 Å². The van der Waals surface area contributed by atoms with E-state index in [0.29, 0.717) is 5.92 Å². The fraction of sp³-hybridized carbons (Fsp3) is 0.700. The van der Waals surface area contributed by atoms with Crippen LogP contribution in [0.3, 0.4) is 0 Å². The molecule has 0 spiro atoms. The Kier molecular flexibility index (Phi) is 8.73. The molecule has 1 aliphatic heterocycles. The van der Waals surface area contributed by atoms with E-state index >= 15 is 0 Å². The summed E-state index contributed by atoms with van der Waals surface area (Å²) in [5, 5.41) is 2.93. The Morgan fingerprint density at radius 2 is 1.84 bits per heavy atom. The summed E-state index contributed by atoms with van der Waals surface area (Å²) in [6.45, 7) is 3.84. The van der Waals surface area contributed by atoms with Gasteiger partial charge in [0.25, 0.3) is 0 Å². The number of aromatic nitrogens is 1. The van der Waals surface area contributed by atoms with Crippen LogP contribution < -0.4 is 11.1 Å². The van der Waals surface area contributed by atoms with Gasteiger partial charge >= 0.3 is 6.03 Å². The van der Waals surface area contributed by atoms with E-state index in [-0.39, 0.29) is 12.1 Å². The summed E-state index contributed by atoms with van der Waals surface area (Å²) in [6.07, 6.45) is 14.4. The van der Waals surface area contributed by atoms with Crippen molar-refractivity contribution in [2.75, 3.05) is 18.4 Å². The number of likely N-dealkylation sites (tertiary alicyclic amines) is 1. The number of nitrogens with one attached hydrogen (secondary N) is 1. The second-order valence-corrected chi connectivity index (χ2v) is 7.21. The molecule has 1 fully saturated rings. The maximum atomic E-state index is 12.3. The molecule has 1 aliphatic rings. The fourth-order valence-electron chi connectivity index (χ4n) is 3.56. The van der Waals surface area contributed by atoms with E-state index in [1.165, 1.54) is 38.5 Å². The van der Waals surface area contributed by atoms with Crippen molar-refractivity contribution in [1.29, 1.82) is 0 Å². The number of carbonyl (C=O) groups is 1. The number of anilines is 1. The van der Waals surface area contributed by atoms with E-state index in [0.717, 1.165) is 38.0 Å². The van der Waals surface area contributed by atoms with Gasteiger partial charge in [-0.25, -0.2) is 4.79 Å². The number of nitrogens with two attached hydrogens (primary N) is 1. The minimum Gasteiger partial charge on any atom is -0.327 e. The Balaban J connectivity index is 1.62. The Bertz CT molecular complexity index is 486. The zero-order chi connectivity index (χ0) is 17.9. The predicted octanol–water partition coefficient (Wildman–Crippen LogP) is 4.40. The third kappa shape index (κ3) is 7.02. The highest BCUT2D eigenvalue weighted by Crippen LogP contribution is 2.23. The van der Waals surface area contributed by atoms with Gasteiger partial charge in [0.2, 0.25) is 0 Å². The largest absolute Gasteiger partial charge is 0.327 e. The van der Waals surface area contributed by atoms with E-state index < -0.39 is 0 Å². The van der Waals surface area contributed by atoms with Gasteiger partial charge in [-0.05, 0) is 37.3 Å². The van der Waals surface area contributed by atoms with Gasteiger partial charge in [0.1, 0.15) is 0 Å². The first-order valence-corrected chi connectivity index (χ1v) is 9.92. The summed E-state index contributed by atoms with van der Waals surface area (Å²) in [5.74, 6) is 0.556. The lowest BCUT2D eigenvalue weighted by Gasteiger charge is -2.34. The third-order valence-corrected chi connectivity index (χ3v) is 5.25. The smallest absolute Gasteiger partial charge is 0.321 e. The average Bonchev–Trinajstić information content (AvgIpc) is 2.65. The van der Waals surface area contributed by atoms with Gasteiger partial charge in [0.15, 0.2) is 0 Å². The molecule has 5 nitrogen and oxygen atoms in total. The fourth-order valence-corrected chi connectivity index (χ4v) is 3.56. The Morgan fingerprint density at radius 3 is 2.52 bits per heavy atom. The molecule has 140 valence electrons. The molecular weight excluding hydrogens is 312 g/mol. The number of hydrogen-bond acceptors (Lipinski definition) is 3. The van der Waals surface area contributed by atoms with Gasteiger partial charge in [0.05, 0.1) is 0 Å². The van der Waals surface area contributed by atoms with Crippen molar-refractivity contribution in [2.24, 2.45) is 11.7 Å². The first kappa shape index (κ1) is 19.7. The van der Waals surface area contributed by atoms with E-state index in [2.05, 4.69) is 17.2 Å². The molecule has 25 heavy (non-hydrogen) atoms. The van der Waals surface area contributed by atoms with Crippen LogP contribution in [0, 0.1) is 5.92 Å². The van der Waals surface area contributed by atoms with Crippen LogP contribution in [0.4, 0.5) is 10.5 Å². The van der Waals surface area contributed by atoms with Gasteiger partial charge in [-0.2, -0.15) is 0 Å². The van der Waals surface area contributed by atoms with Crippen molar-refractivity contribution in [3.63, 3.8) is 0 Å². The number of pyridine rings is 1. The lowest BCUT2D eigenvalue weighted by Crippen LogP contribution is -2.45. The van der Waals surface area contributed by atoms with E-state index in [1.54, 1.807) is 24.5 Å². The highest BCUT2D eigenvalue weighted by Gasteiger charge is 2.26. The monoisotopic (exact) mass is 346 g/mol. The molecule has 1 atom stereocenters. The van der Waals surface area contributed by atoms with Crippen LogP contribution in [0.2, 0.25) is 0 Å². The third-order valence-electron chi connectivity index (χ3n) is 5.25. The number of unbranched alkanes of at least 4 members (excludes halogenated alkanes) is 5. The second kappa shape index (κ2) is 11.1. The molecule has 2 rings (SSSR count). The van der Waals surface area contributed by atoms with Crippen molar-refractivity contribution in [2.45, 2.75) is 70.8 Å². The molecular formula is C20H34N4O. The Hall–Kier alpha value is -1.62. The van der Waals surface area contributed by atoms with Gasteiger partial charge in [-0.15, -0.1) is 0 Å². The highest BCUT2D eigenvalue weighted by atomic mass is 16.2. The normalized spacial score (nSPS) is 16.6. The average molecular weight is 347 g/mol. The molecule has 0 radical (unpaired) electrons. The summed E-state index contributed by atoms with van der Waals surface area (Å²) in [5.41, 5.74) is 7.20. The second-order valence-electron chi connectivity index (χ2n) is 7.21. The molecule has 2 amide bonds. The predicted molar refractivity (Wildman–Crippen MR) is 104 cm³/mol. The van der Waals surface area contributed by atoms with Gasteiger partial charge in [-0.3, -0.25) is 4.98 Å². The highest BCUT2D eigenvalue weighted by molar-refractivity contribution is 5.89. The molecule has 1 aromatic heterocycles. The topological polar surface area (TPSA) is 71.2 Å². The maximum Gasteiger partial charge on any atom is 0.321 e. The summed E-state index contributed by atoms with van der Waals surface area (Å²) < 4.78 is 0. The maximum absolute atomic E-state index is 12.3. The summed E-state index contributed by atoms with van der Waals surface area (Å²) >= 11 is 0. The molecule has 0 saturated carbocycles. The Morgan fingerprint density at radius 1 is 1.20 bits per heavy atom. The molecule has 0 unspecified atom stereocenters. The van der Waals surface area contributed by atoms with Crippen molar-refractivity contribution >= 4 is 11.7 Å². The quantitative estimate of drug-likeness (QED) is 0.651. The van der Waals surface area contributed by atoms with E-state index in [4.69, 9.17) is 5.73 Å². The summed E-state index contributed by atoms with van der Waals surface area (Å²) in [7, 11) is 0. The molecule has 2 heterocycles. The first-order valence-electron chi connectivity index (χ1n) is 9.92. The van der Waals surface area contributed by atoms with Crippen molar-refractivity contribution in [3.05, 3.63) is 24.5 Å². The Labute approximate surface area is 152 Å². The first-order chi connectivity index (χ1) is 12.2. The molecule has 0 bridgehead atoms. The van der Waals surface area contributed by atoms with Crippen LogP contribution in [0.5, 0.6) is 0 Å². The van der Waals surface area contributed by atoms with Crippen LogP contribution in [-0.2, 0) is 0 Å². The molecule has 0 aromatic carbocycles. The van der Waals surface area contributed by atoms with Gasteiger partial charge in [0, 0.05) is 37.2 Å². The zero-order valence-corrected chi connectivity index (χ0v) is 15.6. The number of piperidine rings is 1. The standard InChI is InChI=1S/C20H34N4O/c1-2-3-4-5-6-7-8-19(21)17-11-15-24(16-12-17)20(25)23-18-9-13-22-14-10-18/h9-10,13-14,17,19H,2-8,11-12,15-16,21H2,1H3,(H,22,23,25)/t19-/m1/s1. The number of rotatable bonds is 9. The van der Waals surface area contributed by atoms with Crippen LogP contribution >= 0.6 is 0 Å². The molecule has 1 saturated heterocycles. The molecule has 3 N–H and O–H groups in total. The van der Waals surface area contributed by atoms with E-state index in [9.17, 15) is 4.79 Å². The number of carbonyl (C=O) groups excluding carboxylic acids is 1. The number of urea groups is 1. The van der Waals surface area contributed by atoms with Crippen molar-refractivity contribution < 1.29 is 4.79 Å². The minimum atomic E-state index is -0.0193. The molecule has 5 heteroatoms. The number of amides is 2. The lowest BCUT2D eigenvalue weighted by molar-refractivity contribution is 0.171. The minimum absolute atomic E-state index is 0.0193. The zero-order valence-electron chi connectivity index (χ0n) is 15.6. The SMILES string of the molecule is CCCCCCCC[C@@H](N)C1CCN(C(=O)Nc2ccncc2)CC1. The van der Waals surface area contributed by atoms with Crippen LogP contribution in [0.25, 0.3) is 0 Å². The number of nitrogens with zero attached hydrogens (tertiary/aromatic N) is 2. The van der Waals surface area contributed by atoms with Crippen LogP contribution in [-0.4, -0.2) is 35.0 Å². The summed E-state index contributed by atoms with van der Waals surface area (Å²) in [4.78, 5) is 18.2. The summed E-state index contributed by atoms with van der Waals surface area (Å²) in [6, 6.07) is 3.88. The van der Waals surface area contributed by atoms with Crippen molar-refractivity contribution in [1.82, 2.24) is 9.88 Å². The molecule has 1 aromatic rings. The lowest BCUT2D eigenvalue weighted by atomic mass is 9.87. The van der Waals surface area contributed by atoms with E-state index in [1.807, 2.05) is 4.90 Å². The van der Waals surface area contributed by atoms with Gasteiger partial charge < -0.3 is 16.0 Å². The van der Waals surface area contributed by atoms with Crippen LogP contribution in [0.1, 0.15) is 64.7 Å². The van der Waals surface area contributed by atoms with Gasteiger partial charge in [-0.1, -0.05) is 45.4 Å². The van der Waals surface area contributed by atoms with Crippen molar-refractivity contribution in [3.8, 4) is 0 Å². The molecule has 0 aliphatic carbocycles.